The van der Waals surface area contributed by atoms with Gasteiger partial charge in [-0.1, -0.05) is 5.16 Å². The molecule has 0 radical (unpaired) electrons. The molecule has 0 saturated heterocycles. The second kappa shape index (κ2) is 4.29. The summed E-state index contributed by atoms with van der Waals surface area (Å²) in [6, 6.07) is 6.38. The molecule has 1 aromatic heterocycles. The van der Waals surface area contributed by atoms with Gasteiger partial charge in [-0.2, -0.15) is 0 Å². The maximum atomic E-state index is 11.7. The summed E-state index contributed by atoms with van der Waals surface area (Å²) in [5.74, 6) is 0.311. The van der Waals surface area contributed by atoms with E-state index in [1.165, 1.54) is 6.07 Å². The van der Waals surface area contributed by atoms with Gasteiger partial charge in [-0.05, 0) is 31.5 Å². The van der Waals surface area contributed by atoms with Crippen LogP contribution in [0.2, 0.25) is 0 Å². The van der Waals surface area contributed by atoms with E-state index in [9.17, 15) is 9.90 Å². The first-order valence-corrected chi connectivity index (χ1v) is 5.10. The Hall–Kier alpha value is -2.30. The molecule has 1 heterocycles. The Morgan fingerprint density at radius 2 is 2.06 bits per heavy atom. The summed E-state index contributed by atoms with van der Waals surface area (Å²) in [7, 11) is 0. The van der Waals surface area contributed by atoms with Crippen LogP contribution >= 0.6 is 0 Å². The molecule has 5 nitrogen and oxygen atoms in total. The van der Waals surface area contributed by atoms with Crippen molar-refractivity contribution in [2.45, 2.75) is 13.8 Å². The van der Waals surface area contributed by atoms with E-state index in [4.69, 9.17) is 4.52 Å². The third-order valence-corrected chi connectivity index (χ3v) is 2.18. The van der Waals surface area contributed by atoms with Crippen molar-refractivity contribution in [2.75, 3.05) is 5.32 Å². The van der Waals surface area contributed by atoms with Gasteiger partial charge in [0.2, 0.25) is 0 Å². The van der Waals surface area contributed by atoms with E-state index in [-0.39, 0.29) is 17.4 Å². The fourth-order valence-electron chi connectivity index (χ4n) is 1.50. The molecule has 0 spiro atoms. The Morgan fingerprint density at radius 1 is 1.29 bits per heavy atom. The number of hydrogen-bond donors (Lipinski definition) is 2. The minimum atomic E-state index is -0.369. The number of anilines is 1. The Balaban J connectivity index is 2.18. The summed E-state index contributed by atoms with van der Waals surface area (Å²) < 4.78 is 4.81. The van der Waals surface area contributed by atoms with Gasteiger partial charge in [-0.15, -0.1) is 0 Å². The van der Waals surface area contributed by atoms with Crippen LogP contribution in [0.25, 0.3) is 0 Å². The molecule has 1 aromatic carbocycles. The number of amides is 1. The van der Waals surface area contributed by atoms with Crippen molar-refractivity contribution in [1.82, 2.24) is 5.16 Å². The van der Waals surface area contributed by atoms with Crippen LogP contribution in [0, 0.1) is 13.8 Å². The number of carbonyl (C=O) groups is 1. The Kier molecular flexibility index (Phi) is 2.82. The summed E-state index contributed by atoms with van der Waals surface area (Å²) in [6.07, 6.45) is 0. The maximum absolute atomic E-state index is 11.7. The van der Waals surface area contributed by atoms with Crippen LogP contribution < -0.4 is 5.32 Å². The molecule has 5 heteroatoms. The first-order valence-electron chi connectivity index (χ1n) is 5.10. The molecule has 88 valence electrons. The van der Waals surface area contributed by atoms with Gasteiger partial charge in [0, 0.05) is 17.8 Å². The average molecular weight is 232 g/mol. The van der Waals surface area contributed by atoms with Crippen LogP contribution in [-0.4, -0.2) is 16.2 Å². The van der Waals surface area contributed by atoms with E-state index in [1.807, 2.05) is 6.92 Å². The molecule has 17 heavy (non-hydrogen) atoms. The van der Waals surface area contributed by atoms with Crippen LogP contribution in [0.1, 0.15) is 21.8 Å². The molecular formula is C12H12N2O3. The quantitative estimate of drug-likeness (QED) is 0.832. The summed E-state index contributed by atoms with van der Waals surface area (Å²) in [5, 5.41) is 15.6. The molecule has 2 aromatic rings. The van der Waals surface area contributed by atoms with Gasteiger partial charge in [0.15, 0.2) is 5.69 Å². The molecule has 2 rings (SSSR count). The van der Waals surface area contributed by atoms with Crippen molar-refractivity contribution in [3.05, 3.63) is 41.3 Å². The fraction of sp³-hybridized carbons (Fsp3) is 0.167. The monoisotopic (exact) mass is 232 g/mol. The number of benzene rings is 1. The normalized spacial score (nSPS) is 10.2. The van der Waals surface area contributed by atoms with Gasteiger partial charge in [0.05, 0.1) is 0 Å². The van der Waals surface area contributed by atoms with Gasteiger partial charge in [-0.25, -0.2) is 0 Å². The summed E-state index contributed by atoms with van der Waals surface area (Å²) in [5.41, 5.74) is 1.59. The third-order valence-electron chi connectivity index (χ3n) is 2.18. The van der Waals surface area contributed by atoms with Crippen molar-refractivity contribution >= 4 is 11.6 Å². The standard InChI is InChI=1S/C12H12N2O3/c1-7-3-9(6-10(15)4-7)13-12(16)11-5-8(2)17-14-11/h3-6,15H,1-2H3,(H,13,16). The van der Waals surface area contributed by atoms with E-state index in [0.29, 0.717) is 11.4 Å². The summed E-state index contributed by atoms with van der Waals surface area (Å²) in [6.45, 7) is 3.54. The highest BCUT2D eigenvalue weighted by molar-refractivity contribution is 6.02. The number of hydrogen-bond acceptors (Lipinski definition) is 4. The predicted octanol–water partition coefficient (Wildman–Crippen LogP) is 2.25. The number of rotatable bonds is 2. The Labute approximate surface area is 98.1 Å². The lowest BCUT2D eigenvalue weighted by Gasteiger charge is -2.04. The summed E-state index contributed by atoms with van der Waals surface area (Å²) >= 11 is 0. The zero-order valence-corrected chi connectivity index (χ0v) is 9.52. The van der Waals surface area contributed by atoms with Crippen molar-refractivity contribution in [2.24, 2.45) is 0 Å². The van der Waals surface area contributed by atoms with Crippen LogP contribution in [0.15, 0.2) is 28.8 Å². The second-order valence-corrected chi connectivity index (χ2v) is 3.83. The highest BCUT2D eigenvalue weighted by atomic mass is 16.5. The second-order valence-electron chi connectivity index (χ2n) is 3.83. The van der Waals surface area contributed by atoms with E-state index >= 15 is 0 Å². The largest absolute Gasteiger partial charge is 0.508 e. The Bertz CT molecular complexity index is 540. The van der Waals surface area contributed by atoms with E-state index in [0.717, 1.165) is 5.56 Å². The van der Waals surface area contributed by atoms with Gasteiger partial charge in [0.25, 0.3) is 5.91 Å². The molecule has 0 aliphatic rings. The first kappa shape index (κ1) is 11.2. The third kappa shape index (κ3) is 2.63. The molecule has 0 atom stereocenters. The van der Waals surface area contributed by atoms with E-state index in [2.05, 4.69) is 10.5 Å². The molecule has 0 bridgehead atoms. The highest BCUT2D eigenvalue weighted by Crippen LogP contribution is 2.19. The van der Waals surface area contributed by atoms with Gasteiger partial charge in [-0.3, -0.25) is 4.79 Å². The molecule has 0 fully saturated rings. The number of nitrogens with one attached hydrogen (secondary N) is 1. The number of aromatic nitrogens is 1. The average Bonchev–Trinajstić information content (AvgIpc) is 2.63. The lowest BCUT2D eigenvalue weighted by Crippen LogP contribution is -2.12. The molecule has 1 amide bonds. The van der Waals surface area contributed by atoms with Gasteiger partial charge < -0.3 is 14.9 Å². The summed E-state index contributed by atoms with van der Waals surface area (Å²) in [4.78, 5) is 11.7. The van der Waals surface area contributed by atoms with E-state index < -0.39 is 0 Å². The van der Waals surface area contributed by atoms with E-state index in [1.54, 1.807) is 25.1 Å². The Morgan fingerprint density at radius 3 is 2.65 bits per heavy atom. The minimum absolute atomic E-state index is 0.108. The highest BCUT2D eigenvalue weighted by Gasteiger charge is 2.11. The number of aromatic hydroxyl groups is 1. The maximum Gasteiger partial charge on any atom is 0.277 e. The fourth-order valence-corrected chi connectivity index (χ4v) is 1.50. The predicted molar refractivity (Wildman–Crippen MR) is 62.0 cm³/mol. The topological polar surface area (TPSA) is 75.4 Å². The van der Waals surface area contributed by atoms with Crippen LogP contribution in [0.3, 0.4) is 0 Å². The molecular weight excluding hydrogens is 220 g/mol. The van der Waals surface area contributed by atoms with Crippen molar-refractivity contribution in [3.8, 4) is 5.75 Å². The number of nitrogens with zero attached hydrogens (tertiary/aromatic N) is 1. The minimum Gasteiger partial charge on any atom is -0.508 e. The lowest BCUT2D eigenvalue weighted by molar-refractivity contribution is 0.101. The first-order chi connectivity index (χ1) is 8.04. The van der Waals surface area contributed by atoms with Gasteiger partial charge >= 0.3 is 0 Å². The molecule has 0 saturated carbocycles. The molecule has 0 aliphatic heterocycles. The van der Waals surface area contributed by atoms with Crippen molar-refractivity contribution in [1.29, 1.82) is 0 Å². The number of phenolic OH excluding ortho intramolecular Hbond substituents is 1. The van der Waals surface area contributed by atoms with Crippen LogP contribution in [0.5, 0.6) is 5.75 Å². The SMILES string of the molecule is Cc1cc(O)cc(NC(=O)c2cc(C)on2)c1. The smallest absolute Gasteiger partial charge is 0.277 e. The van der Waals surface area contributed by atoms with Crippen LogP contribution in [0.4, 0.5) is 5.69 Å². The number of aryl methyl sites for hydroxylation is 2. The zero-order valence-electron chi connectivity index (χ0n) is 9.52. The molecule has 0 unspecified atom stereocenters. The van der Waals surface area contributed by atoms with Crippen LogP contribution in [-0.2, 0) is 0 Å². The number of carbonyl (C=O) groups excluding carboxylic acids is 1. The zero-order chi connectivity index (χ0) is 12.4. The van der Waals surface area contributed by atoms with Crippen molar-refractivity contribution < 1.29 is 14.4 Å². The van der Waals surface area contributed by atoms with Crippen molar-refractivity contribution in [3.63, 3.8) is 0 Å². The number of phenols is 1. The lowest BCUT2D eigenvalue weighted by atomic mass is 10.2. The molecule has 0 aliphatic carbocycles. The van der Waals surface area contributed by atoms with Gasteiger partial charge in [0.1, 0.15) is 11.5 Å². The molecule has 2 N–H and O–H groups in total.